The van der Waals surface area contributed by atoms with Gasteiger partial charge in [-0.25, -0.2) is 0 Å². The van der Waals surface area contributed by atoms with Gasteiger partial charge in [0.1, 0.15) is 12.1 Å². The predicted octanol–water partition coefficient (Wildman–Crippen LogP) is 1.29. The molecule has 2 aromatic carbocycles. The SMILES string of the molecule is NC(C(=O)O)C(O)c1ccc2ccccc2c1. The Kier molecular flexibility index (Phi) is 3.08. The lowest BCUT2D eigenvalue weighted by Crippen LogP contribution is -2.36. The standard InChI is InChI=1S/C13H13NO3/c14-11(13(16)17)12(15)10-6-5-8-3-1-2-4-9(8)7-10/h1-7,11-12,15H,14H2,(H,16,17). The highest BCUT2D eigenvalue weighted by atomic mass is 16.4. The molecular weight excluding hydrogens is 218 g/mol. The third-order valence-electron chi connectivity index (χ3n) is 2.74. The normalized spacial score (nSPS) is 14.5. The zero-order valence-corrected chi connectivity index (χ0v) is 9.08. The highest BCUT2D eigenvalue weighted by molar-refractivity contribution is 5.83. The van der Waals surface area contributed by atoms with E-state index in [1.165, 1.54) is 0 Å². The van der Waals surface area contributed by atoms with E-state index in [2.05, 4.69) is 0 Å². The number of benzene rings is 2. The fourth-order valence-electron chi connectivity index (χ4n) is 1.73. The molecule has 0 spiro atoms. The molecule has 2 rings (SSSR count). The summed E-state index contributed by atoms with van der Waals surface area (Å²) in [4.78, 5) is 10.7. The zero-order chi connectivity index (χ0) is 12.4. The summed E-state index contributed by atoms with van der Waals surface area (Å²) in [5.74, 6) is -1.22. The van der Waals surface area contributed by atoms with Crippen molar-refractivity contribution < 1.29 is 15.0 Å². The third kappa shape index (κ3) is 2.27. The highest BCUT2D eigenvalue weighted by Gasteiger charge is 2.23. The van der Waals surface area contributed by atoms with Gasteiger partial charge in [0.25, 0.3) is 0 Å². The molecule has 17 heavy (non-hydrogen) atoms. The van der Waals surface area contributed by atoms with Gasteiger partial charge in [-0.1, -0.05) is 36.4 Å². The largest absolute Gasteiger partial charge is 0.480 e. The molecule has 0 bridgehead atoms. The van der Waals surface area contributed by atoms with Crippen LogP contribution in [-0.2, 0) is 4.79 Å². The van der Waals surface area contributed by atoms with Gasteiger partial charge in [-0.05, 0) is 22.4 Å². The van der Waals surface area contributed by atoms with Gasteiger partial charge in [-0.15, -0.1) is 0 Å². The molecule has 0 radical (unpaired) electrons. The minimum atomic E-state index is -1.31. The number of rotatable bonds is 3. The van der Waals surface area contributed by atoms with Crippen LogP contribution in [0.4, 0.5) is 0 Å². The number of nitrogens with two attached hydrogens (primary N) is 1. The van der Waals surface area contributed by atoms with E-state index in [1.807, 2.05) is 30.3 Å². The molecule has 2 atom stereocenters. The summed E-state index contributed by atoms with van der Waals surface area (Å²) in [6.07, 6.45) is -1.20. The molecule has 4 heteroatoms. The smallest absolute Gasteiger partial charge is 0.323 e. The van der Waals surface area contributed by atoms with Gasteiger partial charge in [0, 0.05) is 0 Å². The molecule has 2 unspecified atom stereocenters. The van der Waals surface area contributed by atoms with E-state index in [9.17, 15) is 9.90 Å². The van der Waals surface area contributed by atoms with Crippen LogP contribution in [0.2, 0.25) is 0 Å². The maximum atomic E-state index is 10.7. The van der Waals surface area contributed by atoms with Crippen molar-refractivity contribution in [2.24, 2.45) is 5.73 Å². The quantitative estimate of drug-likeness (QED) is 0.743. The lowest BCUT2D eigenvalue weighted by Gasteiger charge is -2.15. The molecule has 4 N–H and O–H groups in total. The number of aliphatic hydroxyl groups is 1. The Morgan fingerprint density at radius 1 is 1.12 bits per heavy atom. The number of carbonyl (C=O) groups is 1. The van der Waals surface area contributed by atoms with Crippen molar-refractivity contribution >= 4 is 16.7 Å². The minimum Gasteiger partial charge on any atom is -0.480 e. The lowest BCUT2D eigenvalue weighted by atomic mass is 9.99. The van der Waals surface area contributed by atoms with Crippen LogP contribution in [0, 0.1) is 0 Å². The lowest BCUT2D eigenvalue weighted by molar-refractivity contribution is -0.141. The molecule has 0 aliphatic carbocycles. The molecule has 0 amide bonds. The summed E-state index contributed by atoms with van der Waals surface area (Å²) in [6.45, 7) is 0. The van der Waals surface area contributed by atoms with Gasteiger partial charge in [-0.3, -0.25) is 4.79 Å². The summed E-state index contributed by atoms with van der Waals surface area (Å²) < 4.78 is 0. The molecule has 0 heterocycles. The van der Waals surface area contributed by atoms with Crippen LogP contribution >= 0.6 is 0 Å². The van der Waals surface area contributed by atoms with E-state index in [4.69, 9.17) is 10.8 Å². The minimum absolute atomic E-state index is 0.513. The molecule has 88 valence electrons. The Morgan fingerprint density at radius 2 is 1.76 bits per heavy atom. The van der Waals surface area contributed by atoms with E-state index < -0.39 is 18.1 Å². The van der Waals surface area contributed by atoms with Gasteiger partial charge in [-0.2, -0.15) is 0 Å². The topological polar surface area (TPSA) is 83.6 Å². The Morgan fingerprint density at radius 3 is 2.41 bits per heavy atom. The van der Waals surface area contributed by atoms with Crippen LogP contribution in [0.1, 0.15) is 11.7 Å². The monoisotopic (exact) mass is 231 g/mol. The van der Waals surface area contributed by atoms with Crippen LogP contribution < -0.4 is 5.73 Å². The van der Waals surface area contributed by atoms with Crippen LogP contribution in [-0.4, -0.2) is 22.2 Å². The van der Waals surface area contributed by atoms with E-state index >= 15 is 0 Å². The van der Waals surface area contributed by atoms with E-state index in [0.717, 1.165) is 10.8 Å². The first-order chi connectivity index (χ1) is 8.09. The second-order valence-corrected chi connectivity index (χ2v) is 3.92. The Labute approximate surface area is 98.3 Å². The molecular formula is C13H13NO3. The van der Waals surface area contributed by atoms with Crippen molar-refractivity contribution in [2.75, 3.05) is 0 Å². The van der Waals surface area contributed by atoms with E-state index in [0.29, 0.717) is 5.56 Å². The van der Waals surface area contributed by atoms with Gasteiger partial charge in [0.05, 0.1) is 0 Å². The number of carboxylic acids is 1. The maximum absolute atomic E-state index is 10.7. The summed E-state index contributed by atoms with van der Waals surface area (Å²) in [5.41, 5.74) is 5.90. The van der Waals surface area contributed by atoms with E-state index in [1.54, 1.807) is 12.1 Å². The molecule has 0 saturated carbocycles. The summed E-state index contributed by atoms with van der Waals surface area (Å²) >= 11 is 0. The molecule has 0 aliphatic rings. The van der Waals surface area contributed by atoms with Crippen molar-refractivity contribution in [3.63, 3.8) is 0 Å². The van der Waals surface area contributed by atoms with E-state index in [-0.39, 0.29) is 0 Å². The predicted molar refractivity (Wildman–Crippen MR) is 64.5 cm³/mol. The van der Waals surface area contributed by atoms with Crippen molar-refractivity contribution in [1.82, 2.24) is 0 Å². The maximum Gasteiger partial charge on any atom is 0.323 e. The molecule has 0 saturated heterocycles. The van der Waals surface area contributed by atoms with Crippen LogP contribution in [0.3, 0.4) is 0 Å². The molecule has 4 nitrogen and oxygen atoms in total. The van der Waals surface area contributed by atoms with Gasteiger partial charge in [0.2, 0.25) is 0 Å². The average molecular weight is 231 g/mol. The van der Waals surface area contributed by atoms with Crippen molar-refractivity contribution in [2.45, 2.75) is 12.1 Å². The van der Waals surface area contributed by atoms with Crippen LogP contribution in [0.5, 0.6) is 0 Å². The van der Waals surface area contributed by atoms with Crippen molar-refractivity contribution in [1.29, 1.82) is 0 Å². The second kappa shape index (κ2) is 4.53. The number of carboxylic acid groups (broad SMARTS) is 1. The van der Waals surface area contributed by atoms with Crippen LogP contribution in [0.25, 0.3) is 10.8 Å². The average Bonchev–Trinajstić information content (AvgIpc) is 2.36. The summed E-state index contributed by atoms with van der Waals surface area (Å²) in [6, 6.07) is 11.6. The molecule has 2 aromatic rings. The number of fused-ring (bicyclic) bond motifs is 1. The molecule has 0 aliphatic heterocycles. The third-order valence-corrected chi connectivity index (χ3v) is 2.74. The summed E-state index contributed by atoms with van der Waals surface area (Å²) in [5, 5.41) is 20.5. The fraction of sp³-hybridized carbons (Fsp3) is 0.154. The zero-order valence-electron chi connectivity index (χ0n) is 9.08. The molecule has 0 aromatic heterocycles. The first kappa shape index (κ1) is 11.6. The molecule has 0 fully saturated rings. The van der Waals surface area contributed by atoms with Crippen molar-refractivity contribution in [3.8, 4) is 0 Å². The van der Waals surface area contributed by atoms with Gasteiger partial charge in [0.15, 0.2) is 0 Å². The van der Waals surface area contributed by atoms with Gasteiger partial charge < -0.3 is 15.9 Å². The number of aliphatic hydroxyl groups excluding tert-OH is 1. The summed E-state index contributed by atoms with van der Waals surface area (Å²) in [7, 11) is 0. The highest BCUT2D eigenvalue weighted by Crippen LogP contribution is 2.21. The second-order valence-electron chi connectivity index (χ2n) is 3.92. The van der Waals surface area contributed by atoms with Crippen LogP contribution in [0.15, 0.2) is 42.5 Å². The Bertz CT molecular complexity index is 553. The van der Waals surface area contributed by atoms with Gasteiger partial charge >= 0.3 is 5.97 Å². The Balaban J connectivity index is 2.39. The number of aliphatic carboxylic acids is 1. The first-order valence-electron chi connectivity index (χ1n) is 5.25. The number of hydrogen-bond acceptors (Lipinski definition) is 3. The first-order valence-corrected chi connectivity index (χ1v) is 5.25. The Hall–Kier alpha value is -1.91. The number of hydrogen-bond donors (Lipinski definition) is 3. The fourth-order valence-corrected chi connectivity index (χ4v) is 1.73. The van der Waals surface area contributed by atoms with Crippen molar-refractivity contribution in [3.05, 3.63) is 48.0 Å².